The second-order valence-electron chi connectivity index (χ2n) is 5.32. The minimum absolute atomic E-state index is 0.0227. The Labute approximate surface area is 128 Å². The van der Waals surface area contributed by atoms with Gasteiger partial charge < -0.3 is 10.2 Å². The Morgan fingerprint density at radius 1 is 1.52 bits per heavy atom. The van der Waals surface area contributed by atoms with Crippen LogP contribution in [-0.4, -0.2) is 38.9 Å². The van der Waals surface area contributed by atoms with Crippen LogP contribution in [0.2, 0.25) is 0 Å². The van der Waals surface area contributed by atoms with Crippen LogP contribution >= 0.6 is 11.3 Å². The highest BCUT2D eigenvalue weighted by Crippen LogP contribution is 2.08. The number of thiophene rings is 1. The fraction of sp³-hybridized carbons (Fsp3) is 0.500. The largest absolute Gasteiger partial charge is 0.340 e. The summed E-state index contributed by atoms with van der Waals surface area (Å²) in [5.41, 5.74) is 1.99. The summed E-state index contributed by atoms with van der Waals surface area (Å²) in [5, 5.41) is 15.4. The lowest BCUT2D eigenvalue weighted by atomic mass is 10.3. The number of hydrogen-bond acceptors (Lipinski definition) is 5. The van der Waals surface area contributed by atoms with Gasteiger partial charge in [0.15, 0.2) is 0 Å². The quantitative estimate of drug-likeness (QED) is 0.842. The van der Waals surface area contributed by atoms with E-state index in [0.29, 0.717) is 19.1 Å². The molecule has 114 valence electrons. The highest BCUT2D eigenvalue weighted by Gasteiger charge is 2.12. The molecule has 7 heteroatoms. The van der Waals surface area contributed by atoms with Crippen LogP contribution in [-0.2, 0) is 24.4 Å². The zero-order valence-corrected chi connectivity index (χ0v) is 13.4. The van der Waals surface area contributed by atoms with Gasteiger partial charge in [0.2, 0.25) is 5.91 Å². The summed E-state index contributed by atoms with van der Waals surface area (Å²) in [4.78, 5) is 13.8. The van der Waals surface area contributed by atoms with Crippen molar-refractivity contribution in [3.63, 3.8) is 0 Å². The lowest BCUT2D eigenvalue weighted by Crippen LogP contribution is -2.29. The first-order valence-corrected chi connectivity index (χ1v) is 7.86. The standard InChI is InChI=1S/C14H21N5OS/c1-11(2)15-6-13-8-19(17-16-13)9-14(20)18(3)7-12-4-5-21-10-12/h4-5,8,10-11,15H,6-7,9H2,1-3H3. The zero-order chi connectivity index (χ0) is 15.2. The number of nitrogens with zero attached hydrogens (tertiary/aromatic N) is 4. The van der Waals surface area contributed by atoms with E-state index in [0.717, 1.165) is 11.3 Å². The van der Waals surface area contributed by atoms with Crippen molar-refractivity contribution in [2.24, 2.45) is 0 Å². The monoisotopic (exact) mass is 307 g/mol. The summed E-state index contributed by atoms with van der Waals surface area (Å²) in [6.07, 6.45) is 1.81. The number of aromatic nitrogens is 3. The Bertz CT molecular complexity index is 564. The summed E-state index contributed by atoms with van der Waals surface area (Å²) in [7, 11) is 1.80. The number of rotatable bonds is 7. The van der Waals surface area contributed by atoms with Gasteiger partial charge >= 0.3 is 0 Å². The van der Waals surface area contributed by atoms with Gasteiger partial charge in [0, 0.05) is 26.2 Å². The van der Waals surface area contributed by atoms with Gasteiger partial charge in [0.05, 0.1) is 11.9 Å². The van der Waals surface area contributed by atoms with Gasteiger partial charge in [0.1, 0.15) is 6.54 Å². The van der Waals surface area contributed by atoms with Crippen LogP contribution < -0.4 is 5.32 Å². The van der Waals surface area contributed by atoms with E-state index in [1.807, 2.05) is 17.6 Å². The number of hydrogen-bond donors (Lipinski definition) is 1. The van der Waals surface area contributed by atoms with Crippen LogP contribution in [0, 0.1) is 0 Å². The number of carbonyl (C=O) groups is 1. The molecule has 2 heterocycles. The van der Waals surface area contributed by atoms with Crippen LogP contribution in [0.1, 0.15) is 25.1 Å². The highest BCUT2D eigenvalue weighted by molar-refractivity contribution is 7.07. The molecule has 0 aliphatic heterocycles. The van der Waals surface area contributed by atoms with Gasteiger partial charge in [-0.2, -0.15) is 11.3 Å². The Balaban J connectivity index is 1.84. The number of nitrogens with one attached hydrogen (secondary N) is 1. The first kappa shape index (κ1) is 15.7. The first-order chi connectivity index (χ1) is 10.0. The van der Waals surface area contributed by atoms with Crippen LogP contribution in [0.4, 0.5) is 0 Å². The zero-order valence-electron chi connectivity index (χ0n) is 12.6. The van der Waals surface area contributed by atoms with Crippen LogP contribution in [0.15, 0.2) is 23.0 Å². The molecule has 0 unspecified atom stereocenters. The second-order valence-corrected chi connectivity index (χ2v) is 6.10. The SMILES string of the molecule is CC(C)NCc1cn(CC(=O)N(C)Cc2ccsc2)nn1. The third-order valence-corrected chi connectivity index (χ3v) is 3.73. The molecule has 2 rings (SSSR count). The van der Waals surface area contributed by atoms with E-state index in [-0.39, 0.29) is 12.5 Å². The summed E-state index contributed by atoms with van der Waals surface area (Å²) in [6.45, 7) is 5.66. The van der Waals surface area contributed by atoms with Crippen molar-refractivity contribution < 1.29 is 4.79 Å². The number of amides is 1. The molecule has 6 nitrogen and oxygen atoms in total. The lowest BCUT2D eigenvalue weighted by Gasteiger charge is -2.16. The average Bonchev–Trinajstić information content (AvgIpc) is 3.08. The second kappa shape index (κ2) is 7.33. The van der Waals surface area contributed by atoms with Crippen LogP contribution in [0.5, 0.6) is 0 Å². The predicted molar refractivity (Wildman–Crippen MR) is 82.8 cm³/mol. The molecule has 0 aliphatic rings. The Morgan fingerprint density at radius 2 is 2.33 bits per heavy atom. The number of carbonyl (C=O) groups excluding carboxylic acids is 1. The highest BCUT2D eigenvalue weighted by atomic mass is 32.1. The fourth-order valence-corrected chi connectivity index (χ4v) is 2.47. The van der Waals surface area contributed by atoms with Crippen molar-refractivity contribution in [2.75, 3.05) is 7.05 Å². The Morgan fingerprint density at radius 3 is 3.00 bits per heavy atom. The molecule has 0 radical (unpaired) electrons. The Hall–Kier alpha value is -1.73. The van der Waals surface area contributed by atoms with Crippen LogP contribution in [0.3, 0.4) is 0 Å². The summed E-state index contributed by atoms with van der Waals surface area (Å²) < 4.78 is 1.59. The van der Waals surface area contributed by atoms with E-state index in [1.165, 1.54) is 0 Å². The summed E-state index contributed by atoms with van der Waals surface area (Å²) >= 11 is 1.64. The van der Waals surface area contributed by atoms with E-state index >= 15 is 0 Å². The fourth-order valence-electron chi connectivity index (χ4n) is 1.81. The molecule has 0 saturated heterocycles. The van der Waals surface area contributed by atoms with Crippen molar-refractivity contribution in [2.45, 2.75) is 39.5 Å². The molecule has 21 heavy (non-hydrogen) atoms. The average molecular weight is 307 g/mol. The summed E-state index contributed by atoms with van der Waals surface area (Å²) in [6, 6.07) is 2.42. The smallest absolute Gasteiger partial charge is 0.244 e. The maximum atomic E-state index is 12.1. The van der Waals surface area contributed by atoms with Crippen molar-refractivity contribution >= 4 is 17.2 Å². The molecular weight excluding hydrogens is 286 g/mol. The van der Waals surface area contributed by atoms with Crippen molar-refractivity contribution in [3.8, 4) is 0 Å². The van der Waals surface area contributed by atoms with E-state index in [1.54, 1.807) is 28.0 Å². The Kier molecular flexibility index (Phi) is 5.46. The van der Waals surface area contributed by atoms with Gasteiger partial charge in [-0.15, -0.1) is 5.10 Å². The molecular formula is C14H21N5OS. The molecule has 1 N–H and O–H groups in total. The third kappa shape index (κ3) is 4.95. The molecule has 0 spiro atoms. The molecule has 0 aliphatic carbocycles. The molecule has 0 atom stereocenters. The van der Waals surface area contributed by atoms with Crippen molar-refractivity contribution in [3.05, 3.63) is 34.3 Å². The van der Waals surface area contributed by atoms with Gasteiger partial charge in [-0.05, 0) is 22.4 Å². The van der Waals surface area contributed by atoms with Crippen molar-refractivity contribution in [1.29, 1.82) is 0 Å². The van der Waals surface area contributed by atoms with Gasteiger partial charge in [0.25, 0.3) is 0 Å². The molecule has 2 aromatic rings. The van der Waals surface area contributed by atoms with E-state index in [9.17, 15) is 4.79 Å². The normalized spacial score (nSPS) is 11.0. The van der Waals surface area contributed by atoms with E-state index in [4.69, 9.17) is 0 Å². The maximum Gasteiger partial charge on any atom is 0.244 e. The maximum absolute atomic E-state index is 12.1. The molecule has 0 bridgehead atoms. The lowest BCUT2D eigenvalue weighted by molar-refractivity contribution is -0.131. The number of likely N-dealkylation sites (N-methyl/N-ethyl adjacent to an activating group) is 1. The molecule has 0 fully saturated rings. The molecule has 1 amide bonds. The van der Waals surface area contributed by atoms with Gasteiger partial charge in [-0.25, -0.2) is 4.68 Å². The first-order valence-electron chi connectivity index (χ1n) is 6.92. The minimum atomic E-state index is 0.0227. The van der Waals surface area contributed by atoms with Gasteiger partial charge in [-0.3, -0.25) is 4.79 Å². The van der Waals surface area contributed by atoms with Crippen molar-refractivity contribution in [1.82, 2.24) is 25.2 Å². The topological polar surface area (TPSA) is 63.1 Å². The minimum Gasteiger partial charge on any atom is -0.340 e. The summed E-state index contributed by atoms with van der Waals surface area (Å²) in [5.74, 6) is 0.0227. The third-order valence-electron chi connectivity index (χ3n) is 3.00. The molecule has 2 aromatic heterocycles. The predicted octanol–water partition coefficient (Wildman–Crippen LogP) is 1.50. The van der Waals surface area contributed by atoms with E-state index in [2.05, 4.69) is 34.9 Å². The van der Waals surface area contributed by atoms with E-state index < -0.39 is 0 Å². The van der Waals surface area contributed by atoms with Gasteiger partial charge in [-0.1, -0.05) is 19.1 Å². The molecule has 0 aromatic carbocycles. The molecule has 0 saturated carbocycles. The van der Waals surface area contributed by atoms with Crippen LogP contribution in [0.25, 0.3) is 0 Å².